The van der Waals surface area contributed by atoms with Crippen molar-refractivity contribution < 1.29 is 42.6 Å². The Morgan fingerprint density at radius 1 is 1.31 bits per heavy atom. The molecule has 1 aliphatic heterocycles. The van der Waals surface area contributed by atoms with E-state index in [1.165, 1.54) is 13.2 Å². The number of hydrogen-bond donors (Lipinski definition) is 1. The van der Waals surface area contributed by atoms with Gasteiger partial charge in [-0.15, -0.1) is 0 Å². The maximum absolute atomic E-state index is 14.1. The number of hydrogen-bond acceptors (Lipinski definition) is 8. The number of ether oxygens (including phenoxy) is 4. The second-order valence-corrected chi connectivity index (χ2v) is 5.58. The van der Waals surface area contributed by atoms with Gasteiger partial charge in [-0.25, -0.2) is 14.0 Å². The normalized spacial score (nSPS) is 15.7. The van der Waals surface area contributed by atoms with E-state index >= 15 is 0 Å². The third-order valence-electron chi connectivity index (χ3n) is 3.92. The first-order chi connectivity index (χ1) is 12.5. The minimum absolute atomic E-state index is 0.0194. The Bertz CT molecular complexity index is 653. The van der Waals surface area contributed by atoms with Gasteiger partial charge in [0.1, 0.15) is 23.7 Å². The van der Waals surface area contributed by atoms with E-state index in [0.29, 0.717) is 18.4 Å². The Labute approximate surface area is 150 Å². The molecule has 0 fully saturated rings. The molecule has 1 aromatic carbocycles. The van der Waals surface area contributed by atoms with Crippen molar-refractivity contribution in [3.8, 4) is 5.75 Å². The van der Waals surface area contributed by atoms with Crippen molar-refractivity contribution in [3.63, 3.8) is 0 Å². The molecule has 8 nitrogen and oxygen atoms in total. The molecule has 0 aromatic heterocycles. The first-order valence-corrected chi connectivity index (χ1v) is 8.09. The molecule has 1 atom stereocenters. The van der Waals surface area contributed by atoms with E-state index in [4.69, 9.17) is 9.39 Å². The Morgan fingerprint density at radius 2 is 2.08 bits per heavy atom. The molecule has 1 heterocycles. The minimum Gasteiger partial charge on any atom is -0.535 e. The Morgan fingerprint density at radius 3 is 2.77 bits per heavy atom. The molecule has 0 saturated carbocycles. The van der Waals surface area contributed by atoms with Crippen LogP contribution in [0.3, 0.4) is 0 Å². The van der Waals surface area contributed by atoms with E-state index in [2.05, 4.69) is 14.2 Å². The fourth-order valence-electron chi connectivity index (χ4n) is 2.49. The van der Waals surface area contributed by atoms with Crippen LogP contribution >= 0.6 is 0 Å². The van der Waals surface area contributed by atoms with Crippen molar-refractivity contribution in [3.05, 3.63) is 29.1 Å². The molecule has 0 bridgehead atoms. The first-order valence-electron chi connectivity index (χ1n) is 8.09. The monoisotopic (exact) mass is 370 g/mol. The van der Waals surface area contributed by atoms with Gasteiger partial charge in [-0.3, -0.25) is 0 Å². The average Bonchev–Trinajstić information content (AvgIpc) is 2.61. The number of benzene rings is 1. The van der Waals surface area contributed by atoms with Crippen LogP contribution in [0.15, 0.2) is 12.1 Å². The Kier molecular flexibility index (Phi) is 7.22. The van der Waals surface area contributed by atoms with Gasteiger partial charge in [0, 0.05) is 12.9 Å². The van der Waals surface area contributed by atoms with Crippen LogP contribution in [0.25, 0.3) is 0 Å². The predicted octanol–water partition coefficient (Wildman–Crippen LogP) is 1.94. The first kappa shape index (κ1) is 20.0. The van der Waals surface area contributed by atoms with Crippen molar-refractivity contribution in [2.45, 2.75) is 25.6 Å². The van der Waals surface area contributed by atoms with Crippen LogP contribution in [0.5, 0.6) is 5.75 Å². The number of carbonyl (C=O) groups excluding carboxylic acids is 2. The van der Waals surface area contributed by atoms with Gasteiger partial charge in [-0.1, -0.05) is 19.4 Å². The van der Waals surface area contributed by atoms with Crippen LogP contribution in [0.4, 0.5) is 9.18 Å². The molecule has 0 saturated heterocycles. The second-order valence-electron chi connectivity index (χ2n) is 5.58. The number of esters is 1. The number of methoxy groups -OCH3 is 1. The van der Waals surface area contributed by atoms with Gasteiger partial charge in [0.15, 0.2) is 0 Å². The zero-order chi connectivity index (χ0) is 19.1. The summed E-state index contributed by atoms with van der Waals surface area (Å²) in [4.78, 5) is 23.4. The van der Waals surface area contributed by atoms with Crippen LogP contribution in [0, 0.1) is 5.82 Å². The molecule has 0 aliphatic carbocycles. The summed E-state index contributed by atoms with van der Waals surface area (Å²) in [5.41, 5.74) is 0.142. The van der Waals surface area contributed by atoms with Gasteiger partial charge in [0.25, 0.3) is 0 Å². The lowest BCUT2D eigenvalue weighted by molar-refractivity contribution is -0.0317. The van der Waals surface area contributed by atoms with Crippen molar-refractivity contribution in [1.82, 2.24) is 0 Å². The summed E-state index contributed by atoms with van der Waals surface area (Å²) in [6.07, 6.45) is 0.0509. The molecule has 26 heavy (non-hydrogen) atoms. The van der Waals surface area contributed by atoms with Gasteiger partial charge >= 0.3 is 19.2 Å². The Hall–Kier alpha value is -2.33. The molecule has 1 N–H and O–H groups in total. The van der Waals surface area contributed by atoms with Gasteiger partial charge in [-0.05, 0) is 18.1 Å². The average molecular weight is 370 g/mol. The summed E-state index contributed by atoms with van der Waals surface area (Å²) < 4.78 is 38.0. The van der Waals surface area contributed by atoms with Gasteiger partial charge in [0.05, 0.1) is 6.61 Å². The van der Waals surface area contributed by atoms with Crippen molar-refractivity contribution in [1.29, 1.82) is 0 Å². The number of carbonyl (C=O) groups is 2. The SMILES string of the molecule is CC[C@@H]1Cc2ccc(F)c(C(=O)OCOC(=O)OCCOC)c2OB1O. The van der Waals surface area contributed by atoms with Crippen LogP contribution in [0.1, 0.15) is 29.3 Å². The van der Waals surface area contributed by atoms with Gasteiger partial charge < -0.3 is 28.6 Å². The summed E-state index contributed by atoms with van der Waals surface area (Å²) in [7, 11) is 0.292. The third kappa shape index (κ3) is 4.86. The van der Waals surface area contributed by atoms with E-state index < -0.39 is 37.4 Å². The van der Waals surface area contributed by atoms with E-state index in [1.807, 2.05) is 6.92 Å². The summed E-state index contributed by atoms with van der Waals surface area (Å²) in [5, 5.41) is 9.97. The molecule has 1 aliphatic rings. The fourth-order valence-corrected chi connectivity index (χ4v) is 2.49. The minimum atomic E-state index is -1.15. The van der Waals surface area contributed by atoms with E-state index in [-0.39, 0.29) is 24.8 Å². The maximum Gasteiger partial charge on any atom is 0.526 e. The van der Waals surface area contributed by atoms with E-state index in [0.717, 1.165) is 6.07 Å². The van der Waals surface area contributed by atoms with Crippen LogP contribution < -0.4 is 4.65 Å². The molecule has 0 spiro atoms. The number of fused-ring (bicyclic) bond motifs is 1. The van der Waals surface area contributed by atoms with Crippen molar-refractivity contribution >= 4 is 19.2 Å². The molecule has 1 aromatic rings. The lowest BCUT2D eigenvalue weighted by atomic mass is 9.65. The number of rotatable bonds is 7. The molecular formula is C16H20BFO8. The summed E-state index contributed by atoms with van der Waals surface area (Å²) in [6, 6.07) is 2.63. The molecular weight excluding hydrogens is 350 g/mol. The second kappa shape index (κ2) is 9.39. The summed E-state index contributed by atoms with van der Waals surface area (Å²) >= 11 is 0. The standard InChI is InChI=1S/C16H20BFO8/c1-3-11-8-10-4-5-12(18)13(14(10)26-17(11)21)15(19)24-9-25-16(20)23-7-6-22-2/h4-5,11,21H,3,6-9H2,1-2H3/t11-/m1/s1. The van der Waals surface area contributed by atoms with Gasteiger partial charge in [0.2, 0.25) is 6.79 Å². The molecule has 10 heteroatoms. The largest absolute Gasteiger partial charge is 0.535 e. The highest BCUT2D eigenvalue weighted by Gasteiger charge is 2.37. The Balaban J connectivity index is 2.00. The summed E-state index contributed by atoms with van der Waals surface area (Å²) in [5.74, 6) is -2.15. The lowest BCUT2D eigenvalue weighted by Gasteiger charge is -2.28. The fraction of sp³-hybridized carbons (Fsp3) is 0.500. The van der Waals surface area contributed by atoms with Crippen molar-refractivity contribution in [2.24, 2.45) is 0 Å². The third-order valence-corrected chi connectivity index (χ3v) is 3.92. The van der Waals surface area contributed by atoms with Crippen molar-refractivity contribution in [2.75, 3.05) is 27.1 Å². The van der Waals surface area contributed by atoms with E-state index in [9.17, 15) is 19.0 Å². The molecule has 0 amide bonds. The highest BCUT2D eigenvalue weighted by molar-refractivity contribution is 6.46. The highest BCUT2D eigenvalue weighted by atomic mass is 19.1. The smallest absolute Gasteiger partial charge is 0.526 e. The van der Waals surface area contributed by atoms with Gasteiger partial charge in [-0.2, -0.15) is 0 Å². The summed E-state index contributed by atoms with van der Waals surface area (Å²) in [6.45, 7) is 1.31. The zero-order valence-corrected chi connectivity index (χ0v) is 14.5. The topological polar surface area (TPSA) is 101 Å². The maximum atomic E-state index is 14.1. The number of halogens is 1. The van der Waals surface area contributed by atoms with Crippen LogP contribution in [-0.4, -0.2) is 51.4 Å². The van der Waals surface area contributed by atoms with Crippen LogP contribution in [-0.2, 0) is 25.4 Å². The quantitative estimate of drug-likeness (QED) is 0.336. The van der Waals surface area contributed by atoms with E-state index in [1.54, 1.807) is 0 Å². The van der Waals surface area contributed by atoms with Crippen LogP contribution in [0.2, 0.25) is 5.82 Å². The predicted molar refractivity (Wildman–Crippen MR) is 87.3 cm³/mol. The molecule has 2 rings (SSSR count). The molecule has 142 valence electrons. The molecule has 0 unspecified atom stereocenters. The highest BCUT2D eigenvalue weighted by Crippen LogP contribution is 2.37. The zero-order valence-electron chi connectivity index (χ0n) is 14.5. The molecule has 0 radical (unpaired) electrons. The lowest BCUT2D eigenvalue weighted by Crippen LogP contribution is -2.34.